The van der Waals surface area contributed by atoms with Gasteiger partial charge in [-0.3, -0.25) is 4.79 Å². The molecular formula is C27H25FN4O. The van der Waals surface area contributed by atoms with Crippen LogP contribution in [-0.2, 0) is 11.3 Å². The summed E-state index contributed by atoms with van der Waals surface area (Å²) in [6.07, 6.45) is 4.89. The number of hydrogen-bond acceptors (Lipinski definition) is 3. The molecule has 1 aliphatic heterocycles. The second-order valence-electron chi connectivity index (χ2n) is 9.19. The van der Waals surface area contributed by atoms with Crippen LogP contribution in [0.3, 0.4) is 0 Å². The number of pyridine rings is 1. The summed E-state index contributed by atoms with van der Waals surface area (Å²) in [5.74, 6) is 1.67. The molecule has 5 nitrogen and oxygen atoms in total. The lowest BCUT2D eigenvalue weighted by atomic mass is 10.0. The van der Waals surface area contributed by atoms with Crippen molar-refractivity contribution in [3.63, 3.8) is 0 Å². The van der Waals surface area contributed by atoms with E-state index in [2.05, 4.69) is 32.7 Å². The van der Waals surface area contributed by atoms with E-state index in [1.165, 1.54) is 12.1 Å². The van der Waals surface area contributed by atoms with Gasteiger partial charge in [-0.1, -0.05) is 36.4 Å². The number of nitrogens with zero attached hydrogens (tertiary/aromatic N) is 4. The third kappa shape index (κ3) is 3.90. The van der Waals surface area contributed by atoms with Crippen molar-refractivity contribution in [2.75, 3.05) is 13.1 Å². The van der Waals surface area contributed by atoms with Gasteiger partial charge in [0.15, 0.2) is 5.65 Å². The van der Waals surface area contributed by atoms with Crippen LogP contribution in [0.4, 0.5) is 4.39 Å². The third-order valence-electron chi connectivity index (χ3n) is 6.81. The zero-order chi connectivity index (χ0) is 22.4. The first-order valence-electron chi connectivity index (χ1n) is 11.6. The van der Waals surface area contributed by atoms with Crippen LogP contribution >= 0.6 is 0 Å². The molecule has 0 bridgehead atoms. The smallest absolute Gasteiger partial charge is 0.225 e. The van der Waals surface area contributed by atoms with Gasteiger partial charge in [0.2, 0.25) is 5.91 Å². The Bertz CT molecular complexity index is 1310. The first-order chi connectivity index (χ1) is 16.2. The first-order valence-corrected chi connectivity index (χ1v) is 11.6. The van der Waals surface area contributed by atoms with Crippen molar-refractivity contribution in [3.05, 3.63) is 72.7 Å². The Morgan fingerprint density at radius 2 is 1.64 bits per heavy atom. The lowest BCUT2D eigenvalue weighted by Gasteiger charge is -2.17. The Balaban J connectivity index is 1.30. The molecule has 1 saturated heterocycles. The molecule has 2 aromatic carbocycles. The summed E-state index contributed by atoms with van der Waals surface area (Å²) < 4.78 is 15.5. The van der Waals surface area contributed by atoms with E-state index in [0.29, 0.717) is 11.8 Å². The number of fused-ring (bicyclic) bond motifs is 1. The average molecular weight is 441 g/mol. The maximum atomic E-state index is 13.3. The van der Waals surface area contributed by atoms with Crippen LogP contribution in [0.15, 0.2) is 66.9 Å². The molecule has 1 saturated carbocycles. The largest absolute Gasteiger partial charge is 0.342 e. The molecule has 2 fully saturated rings. The molecule has 1 atom stereocenters. The number of hydrogen-bond donors (Lipinski definition) is 0. The normalized spacial score (nSPS) is 18.2. The van der Waals surface area contributed by atoms with E-state index in [1.807, 2.05) is 18.2 Å². The minimum atomic E-state index is -0.235. The molecule has 1 aliphatic carbocycles. The topological polar surface area (TPSA) is 51.0 Å². The highest BCUT2D eigenvalue weighted by molar-refractivity contribution is 5.81. The Hall–Kier alpha value is -3.54. The van der Waals surface area contributed by atoms with Crippen LogP contribution in [0, 0.1) is 17.7 Å². The fraction of sp³-hybridized carbons (Fsp3) is 0.296. The molecule has 4 aromatic rings. The number of halogens is 1. The van der Waals surface area contributed by atoms with E-state index < -0.39 is 0 Å². The van der Waals surface area contributed by atoms with Crippen molar-refractivity contribution in [2.45, 2.75) is 25.8 Å². The van der Waals surface area contributed by atoms with E-state index in [4.69, 9.17) is 4.98 Å². The monoisotopic (exact) mass is 440 g/mol. The quantitative estimate of drug-likeness (QED) is 0.431. The van der Waals surface area contributed by atoms with Crippen molar-refractivity contribution in [3.8, 4) is 22.5 Å². The van der Waals surface area contributed by atoms with E-state index in [9.17, 15) is 9.18 Å². The molecule has 2 aromatic heterocycles. The fourth-order valence-electron chi connectivity index (χ4n) is 4.85. The van der Waals surface area contributed by atoms with Crippen molar-refractivity contribution in [1.82, 2.24) is 19.4 Å². The summed E-state index contributed by atoms with van der Waals surface area (Å²) in [6, 6.07) is 18.8. The molecule has 0 spiro atoms. The average Bonchev–Trinajstić information content (AvgIpc) is 3.49. The summed E-state index contributed by atoms with van der Waals surface area (Å²) in [6.45, 7) is 2.48. The van der Waals surface area contributed by atoms with Gasteiger partial charge in [-0.15, -0.1) is 0 Å². The van der Waals surface area contributed by atoms with Crippen LogP contribution in [0.25, 0.3) is 33.7 Å². The second-order valence-corrected chi connectivity index (χ2v) is 9.19. The van der Waals surface area contributed by atoms with Gasteiger partial charge in [0.25, 0.3) is 0 Å². The summed E-state index contributed by atoms with van der Waals surface area (Å²) in [4.78, 5) is 23.9. The number of amides is 1. The van der Waals surface area contributed by atoms with E-state index in [-0.39, 0.29) is 11.7 Å². The maximum Gasteiger partial charge on any atom is 0.225 e. The molecule has 6 heteroatoms. The minimum Gasteiger partial charge on any atom is -0.342 e. The molecule has 3 heterocycles. The van der Waals surface area contributed by atoms with Crippen molar-refractivity contribution in [1.29, 1.82) is 0 Å². The molecule has 6 rings (SSSR count). The van der Waals surface area contributed by atoms with Crippen molar-refractivity contribution in [2.24, 2.45) is 11.8 Å². The Morgan fingerprint density at radius 3 is 2.36 bits per heavy atom. The predicted octanol–water partition coefficient (Wildman–Crippen LogP) is 5.16. The highest BCUT2D eigenvalue weighted by Gasteiger charge is 2.36. The highest BCUT2D eigenvalue weighted by Crippen LogP contribution is 2.34. The standard InChI is InChI=1S/C27H25FN4O/c28-23-11-9-20(10-12-23)19-3-5-21(6-4-19)26-30-25-24(2-1-14-29-25)32(26)17-18-13-15-31(16-18)27(33)22-7-8-22/h1-6,9-12,14,18,22H,7-8,13,15-17H2/t18-/m0/s1. The number of aromatic nitrogens is 3. The van der Waals surface area contributed by atoms with Crippen molar-refractivity contribution < 1.29 is 9.18 Å². The van der Waals surface area contributed by atoms with Gasteiger partial charge in [-0.25, -0.2) is 14.4 Å². The van der Waals surface area contributed by atoms with E-state index in [0.717, 1.165) is 72.6 Å². The highest BCUT2D eigenvalue weighted by atomic mass is 19.1. The first kappa shape index (κ1) is 20.1. The van der Waals surface area contributed by atoms with E-state index in [1.54, 1.807) is 18.3 Å². The Kier molecular flexibility index (Phi) is 4.93. The fourth-order valence-corrected chi connectivity index (χ4v) is 4.85. The zero-order valence-corrected chi connectivity index (χ0v) is 18.3. The number of likely N-dealkylation sites (tertiary alicyclic amines) is 1. The molecular weight excluding hydrogens is 415 g/mol. The molecule has 166 valence electrons. The van der Waals surface area contributed by atoms with Crippen LogP contribution < -0.4 is 0 Å². The lowest BCUT2D eigenvalue weighted by molar-refractivity contribution is -0.131. The van der Waals surface area contributed by atoms with Gasteiger partial charge >= 0.3 is 0 Å². The van der Waals surface area contributed by atoms with Crippen LogP contribution in [0.2, 0.25) is 0 Å². The summed E-state index contributed by atoms with van der Waals surface area (Å²) in [5, 5.41) is 0. The van der Waals surface area contributed by atoms with Gasteiger partial charge < -0.3 is 9.47 Å². The molecule has 33 heavy (non-hydrogen) atoms. The number of rotatable bonds is 5. The summed E-state index contributed by atoms with van der Waals surface area (Å²) in [7, 11) is 0. The zero-order valence-electron chi connectivity index (χ0n) is 18.3. The molecule has 1 amide bonds. The summed E-state index contributed by atoms with van der Waals surface area (Å²) >= 11 is 0. The number of benzene rings is 2. The summed E-state index contributed by atoms with van der Waals surface area (Å²) in [5.41, 5.74) is 4.78. The van der Waals surface area contributed by atoms with Gasteiger partial charge in [0.1, 0.15) is 11.6 Å². The van der Waals surface area contributed by atoms with Gasteiger partial charge in [-0.05, 0) is 60.6 Å². The van der Waals surface area contributed by atoms with Crippen LogP contribution in [0.5, 0.6) is 0 Å². The van der Waals surface area contributed by atoms with Gasteiger partial charge in [0, 0.05) is 37.3 Å². The Labute approximate surface area is 191 Å². The minimum absolute atomic E-state index is 0.235. The van der Waals surface area contributed by atoms with Crippen molar-refractivity contribution >= 4 is 17.1 Å². The molecule has 0 unspecified atom stereocenters. The van der Waals surface area contributed by atoms with Gasteiger partial charge in [0.05, 0.1) is 5.52 Å². The second kappa shape index (κ2) is 8.10. The maximum absolute atomic E-state index is 13.3. The third-order valence-corrected chi connectivity index (χ3v) is 6.81. The number of carbonyl (C=O) groups excluding carboxylic acids is 1. The van der Waals surface area contributed by atoms with Crippen LogP contribution in [-0.4, -0.2) is 38.4 Å². The Morgan fingerprint density at radius 1 is 0.939 bits per heavy atom. The van der Waals surface area contributed by atoms with E-state index >= 15 is 0 Å². The molecule has 0 radical (unpaired) electrons. The lowest BCUT2D eigenvalue weighted by Crippen LogP contribution is -2.30. The molecule has 0 N–H and O–H groups in total. The predicted molar refractivity (Wildman–Crippen MR) is 126 cm³/mol. The number of carbonyl (C=O) groups is 1. The number of imidazole rings is 1. The van der Waals surface area contributed by atoms with Gasteiger partial charge in [-0.2, -0.15) is 0 Å². The molecule has 2 aliphatic rings. The SMILES string of the molecule is O=C(C1CC1)N1CC[C@H](Cn2c(-c3ccc(-c4ccc(F)cc4)cc3)nc3ncccc32)C1. The van der Waals surface area contributed by atoms with Crippen LogP contribution in [0.1, 0.15) is 19.3 Å².